The van der Waals surface area contributed by atoms with Crippen LogP contribution in [-0.2, 0) is 9.59 Å². The minimum absolute atomic E-state index is 0.0204. The van der Waals surface area contributed by atoms with E-state index in [1.807, 2.05) is 13.8 Å². The van der Waals surface area contributed by atoms with E-state index in [0.29, 0.717) is 11.5 Å². The molecule has 0 unspecified atom stereocenters. The normalized spacial score (nSPS) is 21.3. The summed E-state index contributed by atoms with van der Waals surface area (Å²) < 4.78 is 10.5. The number of nitrogens with zero attached hydrogens (tertiary/aromatic N) is 1. The van der Waals surface area contributed by atoms with Gasteiger partial charge in [0.05, 0.1) is 26.2 Å². The number of rotatable bonds is 5. The second kappa shape index (κ2) is 6.25. The van der Waals surface area contributed by atoms with Crippen molar-refractivity contribution >= 4 is 11.9 Å². The lowest BCUT2D eigenvalue weighted by atomic mass is 9.93. The monoisotopic (exact) mass is 307 g/mol. The van der Waals surface area contributed by atoms with Crippen LogP contribution in [0.2, 0.25) is 0 Å². The maximum absolute atomic E-state index is 12.2. The van der Waals surface area contributed by atoms with E-state index in [-0.39, 0.29) is 18.4 Å². The maximum atomic E-state index is 12.2. The van der Waals surface area contributed by atoms with Crippen molar-refractivity contribution < 1.29 is 24.2 Å². The first-order valence-corrected chi connectivity index (χ1v) is 7.16. The Hall–Kier alpha value is -2.24. The zero-order valence-corrected chi connectivity index (χ0v) is 13.2. The Morgan fingerprint density at radius 1 is 1.27 bits per heavy atom. The molecule has 1 aromatic rings. The van der Waals surface area contributed by atoms with Crippen LogP contribution in [0.1, 0.15) is 31.9 Å². The van der Waals surface area contributed by atoms with Crippen LogP contribution in [0, 0.1) is 5.92 Å². The van der Waals surface area contributed by atoms with Gasteiger partial charge in [0.1, 0.15) is 0 Å². The van der Waals surface area contributed by atoms with Gasteiger partial charge in [0, 0.05) is 12.5 Å². The summed E-state index contributed by atoms with van der Waals surface area (Å²) in [4.78, 5) is 25.4. The third-order valence-corrected chi connectivity index (χ3v) is 3.99. The Morgan fingerprint density at radius 2 is 1.91 bits per heavy atom. The number of methoxy groups -OCH3 is 2. The van der Waals surface area contributed by atoms with E-state index in [1.54, 1.807) is 23.1 Å². The lowest BCUT2D eigenvalue weighted by Crippen LogP contribution is -2.36. The number of carbonyl (C=O) groups excluding carboxylic acids is 1. The van der Waals surface area contributed by atoms with Crippen molar-refractivity contribution in [2.45, 2.75) is 32.4 Å². The number of benzene rings is 1. The average molecular weight is 307 g/mol. The molecule has 0 aliphatic carbocycles. The van der Waals surface area contributed by atoms with Crippen LogP contribution >= 0.6 is 0 Å². The molecule has 1 N–H and O–H groups in total. The fourth-order valence-electron chi connectivity index (χ4n) is 3.02. The van der Waals surface area contributed by atoms with Crippen LogP contribution in [0.25, 0.3) is 0 Å². The van der Waals surface area contributed by atoms with Gasteiger partial charge in [-0.3, -0.25) is 9.59 Å². The summed E-state index contributed by atoms with van der Waals surface area (Å²) in [5, 5.41) is 9.45. The van der Waals surface area contributed by atoms with Crippen LogP contribution in [-0.4, -0.2) is 42.1 Å². The SMILES string of the molecule is COc1ccc([C@H]2[C@@H](C(=O)O)CC(=O)N2C(C)C)cc1OC. The number of aliphatic carboxylic acids is 1. The van der Waals surface area contributed by atoms with Gasteiger partial charge in [-0.25, -0.2) is 0 Å². The average Bonchev–Trinajstić information content (AvgIpc) is 2.84. The van der Waals surface area contributed by atoms with Crippen molar-refractivity contribution in [3.8, 4) is 11.5 Å². The molecule has 0 spiro atoms. The molecular weight excluding hydrogens is 286 g/mol. The smallest absolute Gasteiger partial charge is 0.309 e. The molecule has 22 heavy (non-hydrogen) atoms. The molecule has 120 valence electrons. The van der Waals surface area contributed by atoms with Gasteiger partial charge in [-0.15, -0.1) is 0 Å². The number of carboxylic acid groups (broad SMARTS) is 1. The molecule has 1 saturated heterocycles. The highest BCUT2D eigenvalue weighted by atomic mass is 16.5. The molecule has 2 rings (SSSR count). The number of likely N-dealkylation sites (tertiary alicyclic amines) is 1. The number of ether oxygens (including phenoxy) is 2. The summed E-state index contributed by atoms with van der Waals surface area (Å²) >= 11 is 0. The molecule has 6 nitrogen and oxygen atoms in total. The predicted molar refractivity (Wildman–Crippen MR) is 80.0 cm³/mol. The van der Waals surface area contributed by atoms with Gasteiger partial charge < -0.3 is 19.5 Å². The minimum atomic E-state index is -0.962. The fraction of sp³-hybridized carbons (Fsp3) is 0.500. The van der Waals surface area contributed by atoms with E-state index >= 15 is 0 Å². The minimum Gasteiger partial charge on any atom is -0.493 e. The first-order valence-electron chi connectivity index (χ1n) is 7.16. The highest BCUT2D eigenvalue weighted by Crippen LogP contribution is 2.42. The maximum Gasteiger partial charge on any atom is 0.309 e. The molecule has 1 amide bonds. The molecule has 0 bridgehead atoms. The van der Waals surface area contributed by atoms with E-state index in [2.05, 4.69) is 0 Å². The van der Waals surface area contributed by atoms with Crippen LogP contribution in [0.3, 0.4) is 0 Å². The van der Waals surface area contributed by atoms with E-state index < -0.39 is 17.9 Å². The van der Waals surface area contributed by atoms with E-state index in [9.17, 15) is 14.7 Å². The molecule has 1 heterocycles. The van der Waals surface area contributed by atoms with Gasteiger partial charge in [-0.1, -0.05) is 6.07 Å². The molecule has 2 atom stereocenters. The first kappa shape index (κ1) is 16.1. The van der Waals surface area contributed by atoms with Crippen molar-refractivity contribution in [3.05, 3.63) is 23.8 Å². The molecule has 1 aliphatic rings. The van der Waals surface area contributed by atoms with Crippen LogP contribution < -0.4 is 9.47 Å². The number of amides is 1. The number of carbonyl (C=O) groups is 2. The summed E-state index contributed by atoms with van der Waals surface area (Å²) in [5.41, 5.74) is 0.740. The standard InChI is InChI=1S/C16H21NO5/c1-9(2)17-14(18)8-11(16(19)20)15(17)10-5-6-12(21-3)13(7-10)22-4/h5-7,9,11,15H,8H2,1-4H3,(H,19,20)/t11-,15-/m0/s1. The Balaban J connectivity index is 2.49. The van der Waals surface area contributed by atoms with Crippen molar-refractivity contribution in [2.24, 2.45) is 5.92 Å². The van der Waals surface area contributed by atoms with Crippen LogP contribution in [0.15, 0.2) is 18.2 Å². The largest absolute Gasteiger partial charge is 0.493 e. The molecular formula is C16H21NO5. The first-order chi connectivity index (χ1) is 10.4. The van der Waals surface area contributed by atoms with Gasteiger partial charge in [-0.2, -0.15) is 0 Å². The van der Waals surface area contributed by atoms with Gasteiger partial charge in [0.15, 0.2) is 11.5 Å². The lowest BCUT2D eigenvalue weighted by molar-refractivity contribution is -0.142. The molecule has 0 saturated carbocycles. The molecule has 0 radical (unpaired) electrons. The summed E-state index contributed by atoms with van der Waals surface area (Å²) in [5.74, 6) is -0.766. The number of hydrogen-bond acceptors (Lipinski definition) is 4. The number of hydrogen-bond donors (Lipinski definition) is 1. The van der Waals surface area contributed by atoms with Crippen molar-refractivity contribution in [1.29, 1.82) is 0 Å². The zero-order chi connectivity index (χ0) is 16.4. The molecule has 1 aromatic carbocycles. The van der Waals surface area contributed by atoms with Crippen LogP contribution in [0.5, 0.6) is 11.5 Å². The lowest BCUT2D eigenvalue weighted by Gasteiger charge is -2.31. The third kappa shape index (κ3) is 2.73. The quantitative estimate of drug-likeness (QED) is 0.901. The highest BCUT2D eigenvalue weighted by Gasteiger charge is 2.45. The summed E-state index contributed by atoms with van der Waals surface area (Å²) in [6.45, 7) is 3.77. The van der Waals surface area contributed by atoms with E-state index in [1.165, 1.54) is 14.2 Å². The summed E-state index contributed by atoms with van der Waals surface area (Å²) in [6, 6.07) is 4.69. The Labute approximate surface area is 129 Å². The third-order valence-electron chi connectivity index (χ3n) is 3.99. The molecule has 1 aliphatic heterocycles. The van der Waals surface area contributed by atoms with E-state index in [0.717, 1.165) is 5.56 Å². The molecule has 6 heteroatoms. The Bertz CT molecular complexity index is 584. The van der Waals surface area contributed by atoms with E-state index in [4.69, 9.17) is 9.47 Å². The van der Waals surface area contributed by atoms with Gasteiger partial charge in [0.2, 0.25) is 5.91 Å². The van der Waals surface area contributed by atoms with Gasteiger partial charge in [0.25, 0.3) is 0 Å². The summed E-state index contributed by atoms with van der Waals surface area (Å²) in [6.07, 6.45) is 0.0204. The fourth-order valence-corrected chi connectivity index (χ4v) is 3.02. The second-order valence-electron chi connectivity index (χ2n) is 5.60. The summed E-state index contributed by atoms with van der Waals surface area (Å²) in [7, 11) is 3.06. The van der Waals surface area contributed by atoms with Gasteiger partial charge in [-0.05, 0) is 31.5 Å². The highest BCUT2D eigenvalue weighted by molar-refractivity contribution is 5.87. The van der Waals surface area contributed by atoms with Crippen molar-refractivity contribution in [2.75, 3.05) is 14.2 Å². The Kier molecular flexibility index (Phi) is 4.59. The topological polar surface area (TPSA) is 76.1 Å². The molecule has 1 fully saturated rings. The van der Waals surface area contributed by atoms with Crippen molar-refractivity contribution in [3.63, 3.8) is 0 Å². The van der Waals surface area contributed by atoms with Crippen LogP contribution in [0.4, 0.5) is 0 Å². The predicted octanol–water partition coefficient (Wildman–Crippen LogP) is 2.09. The zero-order valence-electron chi connectivity index (χ0n) is 13.2. The molecule has 0 aromatic heterocycles. The second-order valence-corrected chi connectivity index (χ2v) is 5.60. The van der Waals surface area contributed by atoms with Crippen molar-refractivity contribution in [1.82, 2.24) is 4.90 Å². The number of carboxylic acids is 1. The van der Waals surface area contributed by atoms with Gasteiger partial charge >= 0.3 is 5.97 Å². The Morgan fingerprint density at radius 3 is 2.41 bits per heavy atom.